The van der Waals surface area contributed by atoms with E-state index >= 15 is 0 Å². The van der Waals surface area contributed by atoms with E-state index in [9.17, 15) is 18.4 Å². The Labute approximate surface area is 175 Å². The van der Waals surface area contributed by atoms with Crippen LogP contribution in [0.3, 0.4) is 0 Å². The van der Waals surface area contributed by atoms with Gasteiger partial charge in [0.2, 0.25) is 11.8 Å². The average molecular weight is 416 g/mol. The summed E-state index contributed by atoms with van der Waals surface area (Å²) in [6.45, 7) is 2.57. The second-order valence-corrected chi connectivity index (χ2v) is 7.72. The van der Waals surface area contributed by atoms with E-state index in [4.69, 9.17) is 4.74 Å². The molecule has 2 amide bonds. The normalized spacial score (nSPS) is 18.9. The van der Waals surface area contributed by atoms with Gasteiger partial charge in [0, 0.05) is 32.7 Å². The van der Waals surface area contributed by atoms with Crippen molar-refractivity contribution in [3.05, 3.63) is 70.8 Å². The summed E-state index contributed by atoms with van der Waals surface area (Å²) in [7, 11) is 1.45. The van der Waals surface area contributed by atoms with E-state index in [2.05, 4.69) is 5.32 Å². The molecule has 0 unspecified atom stereocenters. The van der Waals surface area contributed by atoms with E-state index in [1.165, 1.54) is 25.3 Å². The lowest BCUT2D eigenvalue weighted by Gasteiger charge is -2.37. The third-order valence-corrected chi connectivity index (χ3v) is 5.45. The number of amides is 2. The molecule has 1 N–H and O–H groups in total. The van der Waals surface area contributed by atoms with Gasteiger partial charge >= 0.3 is 0 Å². The summed E-state index contributed by atoms with van der Waals surface area (Å²) in [6, 6.07) is 10.9. The molecule has 0 aliphatic carbocycles. The fraction of sp³-hybridized carbons (Fsp3) is 0.391. The Morgan fingerprint density at radius 1 is 1.17 bits per heavy atom. The first-order chi connectivity index (χ1) is 14.4. The lowest BCUT2D eigenvalue weighted by Crippen LogP contribution is -2.48. The van der Waals surface area contributed by atoms with Crippen molar-refractivity contribution in [2.24, 2.45) is 5.92 Å². The lowest BCUT2D eigenvalue weighted by molar-refractivity contribution is -0.139. The Morgan fingerprint density at radius 2 is 1.97 bits per heavy atom. The van der Waals surface area contributed by atoms with Crippen molar-refractivity contribution in [3.63, 3.8) is 0 Å². The molecule has 2 aromatic carbocycles. The molecule has 0 aromatic heterocycles. The Hall–Kier alpha value is -2.80. The first-order valence-electron chi connectivity index (χ1n) is 9.92. The van der Waals surface area contributed by atoms with Gasteiger partial charge < -0.3 is 15.0 Å². The van der Waals surface area contributed by atoms with Crippen molar-refractivity contribution >= 4 is 11.8 Å². The summed E-state index contributed by atoms with van der Waals surface area (Å²) in [5, 5.41) is 2.85. The number of piperidine rings is 1. The van der Waals surface area contributed by atoms with Crippen LogP contribution in [0.5, 0.6) is 0 Å². The quantitative estimate of drug-likeness (QED) is 0.787. The molecular formula is C23H26F2N2O3. The van der Waals surface area contributed by atoms with Crippen LogP contribution >= 0.6 is 0 Å². The molecule has 160 valence electrons. The van der Waals surface area contributed by atoms with Crippen LogP contribution in [0, 0.1) is 24.5 Å². The molecule has 5 nitrogen and oxygen atoms in total. The van der Waals surface area contributed by atoms with Crippen molar-refractivity contribution < 1.29 is 23.1 Å². The van der Waals surface area contributed by atoms with Gasteiger partial charge in [-0.05, 0) is 48.2 Å². The van der Waals surface area contributed by atoms with Crippen LogP contribution in [0.4, 0.5) is 8.78 Å². The zero-order valence-electron chi connectivity index (χ0n) is 17.2. The van der Waals surface area contributed by atoms with Crippen LogP contribution in [-0.2, 0) is 20.9 Å². The molecule has 1 aliphatic heterocycles. The SMILES string of the molecule is COCC(=O)N1C[C@@H](C(=O)NCc2cccc(F)c2)C[C@H](c2ccc(F)c(C)c2)C1. The molecule has 0 spiro atoms. The number of halogens is 2. The fourth-order valence-corrected chi connectivity index (χ4v) is 3.85. The van der Waals surface area contributed by atoms with Crippen molar-refractivity contribution in [1.29, 1.82) is 0 Å². The number of nitrogens with one attached hydrogen (secondary N) is 1. The second-order valence-electron chi connectivity index (χ2n) is 7.72. The van der Waals surface area contributed by atoms with Gasteiger partial charge in [-0.1, -0.05) is 24.3 Å². The minimum absolute atomic E-state index is 0.0627. The minimum atomic E-state index is -0.427. The van der Waals surface area contributed by atoms with E-state index in [-0.39, 0.29) is 49.1 Å². The molecular weight excluding hydrogens is 390 g/mol. The van der Waals surface area contributed by atoms with Gasteiger partial charge in [-0.15, -0.1) is 0 Å². The molecule has 0 bridgehead atoms. The first kappa shape index (κ1) is 21.9. The molecule has 0 radical (unpaired) electrons. The van der Waals surface area contributed by atoms with Crippen LogP contribution in [-0.4, -0.2) is 43.5 Å². The zero-order valence-corrected chi connectivity index (χ0v) is 17.2. The maximum absolute atomic E-state index is 13.7. The fourth-order valence-electron chi connectivity index (χ4n) is 3.85. The summed E-state index contributed by atoms with van der Waals surface area (Å²) < 4.78 is 32.0. The molecule has 1 heterocycles. The Bertz CT molecular complexity index is 919. The average Bonchev–Trinajstić information content (AvgIpc) is 2.74. The summed E-state index contributed by atoms with van der Waals surface area (Å²) in [5.41, 5.74) is 2.09. The highest BCUT2D eigenvalue weighted by Crippen LogP contribution is 2.31. The Kier molecular flexibility index (Phi) is 7.15. The number of hydrogen-bond donors (Lipinski definition) is 1. The predicted octanol–water partition coefficient (Wildman–Crippen LogP) is 3.17. The van der Waals surface area contributed by atoms with Gasteiger partial charge in [0.25, 0.3) is 0 Å². The van der Waals surface area contributed by atoms with Crippen LogP contribution in [0.15, 0.2) is 42.5 Å². The molecule has 30 heavy (non-hydrogen) atoms. The largest absolute Gasteiger partial charge is 0.375 e. The summed E-state index contributed by atoms with van der Waals surface area (Å²) in [5.74, 6) is -1.55. The lowest BCUT2D eigenvalue weighted by atomic mass is 9.83. The van der Waals surface area contributed by atoms with Gasteiger partial charge in [-0.3, -0.25) is 9.59 Å². The number of rotatable bonds is 6. The Morgan fingerprint density at radius 3 is 2.67 bits per heavy atom. The topological polar surface area (TPSA) is 58.6 Å². The summed E-state index contributed by atoms with van der Waals surface area (Å²) >= 11 is 0. The standard InChI is InChI=1S/C23H26F2N2O3/c1-15-8-17(6-7-21(15)25)18-10-19(13-27(12-18)22(28)14-30-2)23(29)26-11-16-4-3-5-20(24)9-16/h3-9,18-19H,10-14H2,1-2H3,(H,26,29)/t18-,19-/m0/s1. The van der Waals surface area contributed by atoms with Crippen molar-refractivity contribution in [1.82, 2.24) is 10.2 Å². The third-order valence-electron chi connectivity index (χ3n) is 5.45. The van der Waals surface area contributed by atoms with Gasteiger partial charge in [-0.25, -0.2) is 8.78 Å². The number of benzene rings is 2. The molecule has 3 rings (SSSR count). The first-order valence-corrected chi connectivity index (χ1v) is 9.92. The van der Waals surface area contributed by atoms with Crippen LogP contribution in [0.1, 0.15) is 29.0 Å². The summed E-state index contributed by atoms with van der Waals surface area (Å²) in [4.78, 5) is 26.9. The number of hydrogen-bond acceptors (Lipinski definition) is 3. The van der Waals surface area contributed by atoms with Gasteiger partial charge in [0.05, 0.1) is 5.92 Å². The van der Waals surface area contributed by atoms with E-state index in [1.54, 1.807) is 36.1 Å². The van der Waals surface area contributed by atoms with Crippen LogP contribution in [0.2, 0.25) is 0 Å². The number of ether oxygens (including phenoxy) is 1. The molecule has 0 saturated carbocycles. The highest BCUT2D eigenvalue weighted by Gasteiger charge is 2.34. The minimum Gasteiger partial charge on any atom is -0.375 e. The van der Waals surface area contributed by atoms with Gasteiger partial charge in [-0.2, -0.15) is 0 Å². The molecule has 2 atom stereocenters. The van der Waals surface area contributed by atoms with E-state index in [0.717, 1.165) is 5.56 Å². The van der Waals surface area contributed by atoms with Crippen molar-refractivity contribution in [2.75, 3.05) is 26.8 Å². The highest BCUT2D eigenvalue weighted by atomic mass is 19.1. The smallest absolute Gasteiger partial charge is 0.248 e. The van der Waals surface area contributed by atoms with Gasteiger partial charge in [0.1, 0.15) is 18.2 Å². The van der Waals surface area contributed by atoms with Crippen molar-refractivity contribution in [2.45, 2.75) is 25.8 Å². The van der Waals surface area contributed by atoms with E-state index in [0.29, 0.717) is 24.1 Å². The van der Waals surface area contributed by atoms with Crippen molar-refractivity contribution in [3.8, 4) is 0 Å². The van der Waals surface area contributed by atoms with Crippen LogP contribution in [0.25, 0.3) is 0 Å². The Balaban J connectivity index is 1.75. The number of carbonyl (C=O) groups is 2. The number of aryl methyl sites for hydroxylation is 1. The number of carbonyl (C=O) groups excluding carboxylic acids is 2. The molecule has 1 saturated heterocycles. The van der Waals surface area contributed by atoms with Gasteiger partial charge in [0.15, 0.2) is 0 Å². The third kappa shape index (κ3) is 5.42. The molecule has 2 aromatic rings. The molecule has 1 aliphatic rings. The summed E-state index contributed by atoms with van der Waals surface area (Å²) in [6.07, 6.45) is 0.539. The monoisotopic (exact) mass is 416 g/mol. The number of methoxy groups -OCH3 is 1. The molecule has 1 fully saturated rings. The molecule has 7 heteroatoms. The number of nitrogens with zero attached hydrogens (tertiary/aromatic N) is 1. The zero-order chi connectivity index (χ0) is 21.7. The van der Waals surface area contributed by atoms with E-state index < -0.39 is 5.92 Å². The van der Waals surface area contributed by atoms with Crippen LogP contribution < -0.4 is 5.32 Å². The predicted molar refractivity (Wildman–Crippen MR) is 109 cm³/mol. The van der Waals surface area contributed by atoms with E-state index in [1.807, 2.05) is 0 Å². The second kappa shape index (κ2) is 9.80. The maximum Gasteiger partial charge on any atom is 0.248 e. The highest BCUT2D eigenvalue weighted by molar-refractivity contribution is 5.82. The number of likely N-dealkylation sites (tertiary alicyclic amines) is 1. The maximum atomic E-state index is 13.7.